The van der Waals surface area contributed by atoms with Crippen LogP contribution in [0.4, 0.5) is 0 Å². The van der Waals surface area contributed by atoms with Crippen molar-refractivity contribution in [3.05, 3.63) is 46.1 Å². The third-order valence-electron chi connectivity index (χ3n) is 4.19. The third-order valence-corrected chi connectivity index (χ3v) is 5.38. The van der Waals surface area contributed by atoms with E-state index in [0.717, 1.165) is 39.7 Å². The molecular formula is C18H18N2OS. The molecule has 0 spiro atoms. The number of rotatable bonds is 2. The summed E-state index contributed by atoms with van der Waals surface area (Å²) in [6.07, 6.45) is 4.81. The van der Waals surface area contributed by atoms with Crippen LogP contribution in [0.2, 0.25) is 0 Å². The van der Waals surface area contributed by atoms with Gasteiger partial charge in [0.2, 0.25) is 5.88 Å². The lowest BCUT2D eigenvalue weighted by molar-refractivity contribution is 0.462. The van der Waals surface area contributed by atoms with Crippen molar-refractivity contribution in [1.82, 2.24) is 9.97 Å². The molecule has 4 rings (SSSR count). The molecule has 1 aromatic carbocycles. The molecular weight excluding hydrogens is 292 g/mol. The predicted molar refractivity (Wildman–Crippen MR) is 90.0 cm³/mol. The largest absolute Gasteiger partial charge is 0.438 e. The van der Waals surface area contributed by atoms with Crippen LogP contribution in [0.5, 0.6) is 11.6 Å². The van der Waals surface area contributed by atoms with Crippen molar-refractivity contribution < 1.29 is 4.74 Å². The molecule has 0 unspecified atom stereocenters. The highest BCUT2D eigenvalue weighted by Crippen LogP contribution is 2.40. The monoisotopic (exact) mass is 310 g/mol. The van der Waals surface area contributed by atoms with Gasteiger partial charge < -0.3 is 4.74 Å². The Hall–Kier alpha value is -1.94. The molecule has 0 saturated heterocycles. The number of hydrogen-bond donors (Lipinski definition) is 0. The average Bonchev–Trinajstić information content (AvgIpc) is 2.87. The summed E-state index contributed by atoms with van der Waals surface area (Å²) >= 11 is 1.81. The lowest BCUT2D eigenvalue weighted by Gasteiger charge is -2.13. The Morgan fingerprint density at radius 3 is 2.73 bits per heavy atom. The summed E-state index contributed by atoms with van der Waals surface area (Å²) in [5.41, 5.74) is 2.53. The Kier molecular flexibility index (Phi) is 3.34. The molecule has 4 heteroatoms. The van der Waals surface area contributed by atoms with E-state index in [4.69, 9.17) is 4.74 Å². The van der Waals surface area contributed by atoms with Crippen LogP contribution in [0.3, 0.4) is 0 Å². The number of hydrogen-bond acceptors (Lipinski definition) is 4. The predicted octanol–water partition coefficient (Wildman–Crippen LogP) is 4.98. The summed E-state index contributed by atoms with van der Waals surface area (Å²) < 4.78 is 6.18. The van der Waals surface area contributed by atoms with Crippen molar-refractivity contribution in [2.24, 2.45) is 0 Å². The number of fused-ring (bicyclic) bond motifs is 3. The first-order chi connectivity index (χ1) is 10.7. The molecule has 0 aliphatic heterocycles. The van der Waals surface area contributed by atoms with Gasteiger partial charge in [0.1, 0.15) is 16.4 Å². The fourth-order valence-corrected chi connectivity index (χ4v) is 4.37. The molecule has 0 N–H and O–H groups in total. The zero-order chi connectivity index (χ0) is 15.1. The van der Waals surface area contributed by atoms with Crippen molar-refractivity contribution >= 4 is 21.6 Å². The average molecular weight is 310 g/mol. The van der Waals surface area contributed by atoms with Gasteiger partial charge in [0.15, 0.2) is 0 Å². The molecule has 0 fully saturated rings. The van der Waals surface area contributed by atoms with Gasteiger partial charge in [-0.05, 0) is 56.7 Å². The molecule has 22 heavy (non-hydrogen) atoms. The maximum atomic E-state index is 6.18. The van der Waals surface area contributed by atoms with E-state index >= 15 is 0 Å². The first-order valence-electron chi connectivity index (χ1n) is 7.75. The van der Waals surface area contributed by atoms with E-state index in [0.29, 0.717) is 0 Å². The summed E-state index contributed by atoms with van der Waals surface area (Å²) in [5.74, 6) is 2.36. The molecule has 112 valence electrons. The van der Waals surface area contributed by atoms with Gasteiger partial charge in [-0.3, -0.25) is 0 Å². The lowest BCUT2D eigenvalue weighted by Crippen LogP contribution is -2.00. The smallest absolute Gasteiger partial charge is 0.231 e. The van der Waals surface area contributed by atoms with Crippen molar-refractivity contribution in [2.75, 3.05) is 0 Å². The molecule has 3 nitrogen and oxygen atoms in total. The van der Waals surface area contributed by atoms with Crippen molar-refractivity contribution in [3.8, 4) is 11.6 Å². The molecule has 1 aliphatic carbocycles. The minimum absolute atomic E-state index is 0.719. The summed E-state index contributed by atoms with van der Waals surface area (Å²) in [4.78, 5) is 11.8. The Morgan fingerprint density at radius 1 is 1.05 bits per heavy atom. The van der Waals surface area contributed by atoms with Crippen LogP contribution in [0.1, 0.15) is 34.7 Å². The second-order valence-electron chi connectivity index (χ2n) is 5.83. The van der Waals surface area contributed by atoms with Crippen LogP contribution in [0, 0.1) is 13.8 Å². The van der Waals surface area contributed by atoms with Crippen LogP contribution in [-0.4, -0.2) is 9.97 Å². The topological polar surface area (TPSA) is 35.0 Å². The van der Waals surface area contributed by atoms with Gasteiger partial charge in [-0.2, -0.15) is 4.98 Å². The standard InChI is InChI=1S/C18H18N2OS/c1-11-7-3-5-9-14(11)21-17-16-13-8-4-6-10-15(13)22-18(16)20-12(2)19-17/h3,5,7,9H,4,6,8,10H2,1-2H3. The van der Waals surface area contributed by atoms with E-state index in [1.54, 1.807) is 0 Å². The van der Waals surface area contributed by atoms with Crippen molar-refractivity contribution in [1.29, 1.82) is 0 Å². The van der Waals surface area contributed by atoms with Gasteiger partial charge in [0.05, 0.1) is 5.39 Å². The van der Waals surface area contributed by atoms with Crippen molar-refractivity contribution in [3.63, 3.8) is 0 Å². The number of para-hydroxylation sites is 1. The van der Waals surface area contributed by atoms with Gasteiger partial charge in [-0.25, -0.2) is 4.98 Å². The summed E-state index contributed by atoms with van der Waals surface area (Å²) in [5, 5.41) is 1.13. The van der Waals surface area contributed by atoms with E-state index in [2.05, 4.69) is 23.0 Å². The zero-order valence-corrected chi connectivity index (χ0v) is 13.7. The van der Waals surface area contributed by atoms with E-state index in [1.807, 2.05) is 36.5 Å². The van der Waals surface area contributed by atoms with E-state index in [1.165, 1.54) is 29.7 Å². The zero-order valence-electron chi connectivity index (χ0n) is 12.8. The van der Waals surface area contributed by atoms with Crippen molar-refractivity contribution in [2.45, 2.75) is 39.5 Å². The molecule has 0 saturated carbocycles. The highest BCUT2D eigenvalue weighted by atomic mass is 32.1. The third kappa shape index (κ3) is 2.28. The number of ether oxygens (including phenoxy) is 1. The minimum Gasteiger partial charge on any atom is -0.438 e. The van der Waals surface area contributed by atoms with E-state index in [-0.39, 0.29) is 0 Å². The summed E-state index contributed by atoms with van der Waals surface area (Å²) in [6.45, 7) is 3.99. The first-order valence-corrected chi connectivity index (χ1v) is 8.56. The van der Waals surface area contributed by atoms with E-state index in [9.17, 15) is 0 Å². The fraction of sp³-hybridized carbons (Fsp3) is 0.333. The molecule has 3 aromatic rings. The molecule has 1 aliphatic rings. The quantitative estimate of drug-likeness (QED) is 0.669. The SMILES string of the molecule is Cc1nc(Oc2ccccc2C)c2c3c(sc2n1)CCCC3. The maximum Gasteiger partial charge on any atom is 0.231 e. The van der Waals surface area contributed by atoms with Crippen LogP contribution in [0.15, 0.2) is 24.3 Å². The first kappa shape index (κ1) is 13.7. The normalized spacial score (nSPS) is 14.1. The Morgan fingerprint density at radius 2 is 1.86 bits per heavy atom. The highest BCUT2D eigenvalue weighted by Gasteiger charge is 2.21. The van der Waals surface area contributed by atoms with Crippen LogP contribution < -0.4 is 4.74 Å². The summed E-state index contributed by atoms with van der Waals surface area (Å²) in [7, 11) is 0. The summed E-state index contributed by atoms with van der Waals surface area (Å²) in [6, 6.07) is 8.08. The second kappa shape index (κ2) is 5.36. The highest BCUT2D eigenvalue weighted by molar-refractivity contribution is 7.18. The Labute approximate surface area is 134 Å². The van der Waals surface area contributed by atoms with Gasteiger partial charge in [-0.15, -0.1) is 11.3 Å². The van der Waals surface area contributed by atoms with Crippen LogP contribution in [-0.2, 0) is 12.8 Å². The lowest BCUT2D eigenvalue weighted by atomic mass is 9.97. The fourth-order valence-electron chi connectivity index (χ4n) is 3.07. The van der Waals surface area contributed by atoms with Gasteiger partial charge in [0, 0.05) is 4.88 Å². The molecule has 0 amide bonds. The second-order valence-corrected chi connectivity index (χ2v) is 6.92. The maximum absolute atomic E-state index is 6.18. The number of thiophene rings is 1. The van der Waals surface area contributed by atoms with E-state index < -0.39 is 0 Å². The molecule has 0 atom stereocenters. The van der Waals surface area contributed by atoms with Crippen LogP contribution >= 0.6 is 11.3 Å². The number of aromatic nitrogens is 2. The number of nitrogens with zero attached hydrogens (tertiary/aromatic N) is 2. The van der Waals surface area contributed by atoms with Gasteiger partial charge >= 0.3 is 0 Å². The molecule has 0 radical (unpaired) electrons. The number of aryl methyl sites for hydroxylation is 4. The molecule has 2 aromatic heterocycles. The van der Waals surface area contributed by atoms with Gasteiger partial charge in [0.25, 0.3) is 0 Å². The van der Waals surface area contributed by atoms with Crippen LogP contribution in [0.25, 0.3) is 10.2 Å². The minimum atomic E-state index is 0.719. The number of benzene rings is 1. The Balaban J connectivity index is 1.89. The Bertz CT molecular complexity index is 854. The molecule has 0 bridgehead atoms. The molecule has 2 heterocycles. The van der Waals surface area contributed by atoms with Gasteiger partial charge in [-0.1, -0.05) is 18.2 Å².